The molecule has 0 spiro atoms. The van der Waals surface area contributed by atoms with Gasteiger partial charge in [0.05, 0.1) is 12.7 Å². The maximum absolute atomic E-state index is 4.54. The molecule has 8 heteroatoms. The van der Waals surface area contributed by atoms with Gasteiger partial charge in [0.15, 0.2) is 5.65 Å². The number of aryl methyl sites for hydroxylation is 1. The van der Waals surface area contributed by atoms with Gasteiger partial charge in [-0.25, -0.2) is 0 Å². The lowest BCUT2D eigenvalue weighted by atomic mass is 10.2. The summed E-state index contributed by atoms with van der Waals surface area (Å²) >= 11 is 3.55. The molecule has 0 fully saturated rings. The third-order valence-electron chi connectivity index (χ3n) is 4.01. The average Bonchev–Trinajstić information content (AvgIpc) is 3.25. The summed E-state index contributed by atoms with van der Waals surface area (Å²) in [6.45, 7) is 3.26. The molecule has 0 unspecified atom stereocenters. The number of benzene rings is 1. The number of aromatic amines is 1. The van der Waals surface area contributed by atoms with Crippen molar-refractivity contribution in [3.05, 3.63) is 70.6 Å². The van der Waals surface area contributed by atoms with E-state index >= 15 is 0 Å². The quantitative estimate of drug-likeness (QED) is 0.559. The van der Waals surface area contributed by atoms with Gasteiger partial charge in [-0.3, -0.25) is 14.5 Å². The predicted molar refractivity (Wildman–Crippen MR) is 98.1 cm³/mol. The minimum atomic E-state index is 0.615. The molecular weight excluding hydrogens is 382 g/mol. The largest absolute Gasteiger partial charge is 0.361 e. The monoisotopic (exact) mass is 397 g/mol. The Morgan fingerprint density at radius 3 is 2.96 bits per heavy atom. The standard InChI is InChI=1S/C17H16BrN7/c1-12-22-23-17-16(19-5-6-25(12)17)11-24(10-13-8-20-21-9-13)15-4-2-3-14(18)7-15/h2-9H,10-11H2,1H3,(H,20,21). The van der Waals surface area contributed by atoms with Gasteiger partial charge in [-0.05, 0) is 25.1 Å². The molecule has 3 heterocycles. The number of nitrogens with one attached hydrogen (secondary N) is 1. The summed E-state index contributed by atoms with van der Waals surface area (Å²) in [6.07, 6.45) is 7.41. The fourth-order valence-electron chi connectivity index (χ4n) is 2.78. The molecule has 25 heavy (non-hydrogen) atoms. The van der Waals surface area contributed by atoms with Gasteiger partial charge >= 0.3 is 0 Å². The molecular formula is C17H16BrN7. The van der Waals surface area contributed by atoms with Gasteiger partial charge in [0, 0.05) is 40.9 Å². The molecule has 0 saturated carbocycles. The summed E-state index contributed by atoms with van der Waals surface area (Å²) in [5, 5.41) is 15.3. The van der Waals surface area contributed by atoms with Crippen LogP contribution in [0.1, 0.15) is 17.1 Å². The van der Waals surface area contributed by atoms with Crippen molar-refractivity contribution in [2.24, 2.45) is 0 Å². The van der Waals surface area contributed by atoms with Gasteiger partial charge in [-0.1, -0.05) is 22.0 Å². The molecule has 0 amide bonds. The molecule has 0 saturated heterocycles. The fraction of sp³-hybridized carbons (Fsp3) is 0.176. The van der Waals surface area contributed by atoms with Crippen LogP contribution >= 0.6 is 15.9 Å². The van der Waals surface area contributed by atoms with Crippen LogP contribution in [0.25, 0.3) is 5.65 Å². The Bertz CT molecular complexity index is 993. The van der Waals surface area contributed by atoms with E-state index in [0.29, 0.717) is 13.1 Å². The van der Waals surface area contributed by atoms with Crippen molar-refractivity contribution >= 4 is 27.3 Å². The van der Waals surface area contributed by atoms with Crippen LogP contribution in [-0.4, -0.2) is 29.8 Å². The van der Waals surface area contributed by atoms with Gasteiger partial charge < -0.3 is 4.90 Å². The molecule has 0 bridgehead atoms. The van der Waals surface area contributed by atoms with Crippen molar-refractivity contribution in [3.8, 4) is 0 Å². The second-order valence-electron chi connectivity index (χ2n) is 5.76. The summed E-state index contributed by atoms with van der Waals surface area (Å²) in [7, 11) is 0. The summed E-state index contributed by atoms with van der Waals surface area (Å²) < 4.78 is 2.99. The molecule has 1 aromatic carbocycles. The van der Waals surface area contributed by atoms with Gasteiger partial charge in [0.25, 0.3) is 0 Å². The highest BCUT2D eigenvalue weighted by Crippen LogP contribution is 2.24. The van der Waals surface area contributed by atoms with Gasteiger partial charge in [0.2, 0.25) is 0 Å². The maximum atomic E-state index is 4.54. The van der Waals surface area contributed by atoms with Crippen LogP contribution in [0, 0.1) is 6.92 Å². The number of anilines is 1. The number of rotatable bonds is 5. The van der Waals surface area contributed by atoms with Crippen LogP contribution in [0.15, 0.2) is 53.5 Å². The number of H-pyrrole nitrogens is 1. The molecule has 0 aliphatic heterocycles. The summed E-state index contributed by atoms with van der Waals surface area (Å²) in [5.41, 5.74) is 3.86. The third-order valence-corrected chi connectivity index (χ3v) is 4.51. The Labute approximate surface area is 152 Å². The van der Waals surface area contributed by atoms with Crippen LogP contribution in [0.5, 0.6) is 0 Å². The highest BCUT2D eigenvalue weighted by molar-refractivity contribution is 9.10. The Morgan fingerprint density at radius 1 is 1.24 bits per heavy atom. The minimum Gasteiger partial charge on any atom is -0.361 e. The Balaban J connectivity index is 1.72. The SMILES string of the molecule is Cc1nnc2c(CN(Cc3cn[nH]c3)c3cccc(Br)c3)nccn12. The number of hydrogen-bond acceptors (Lipinski definition) is 5. The van der Waals surface area contributed by atoms with Gasteiger partial charge in [0.1, 0.15) is 11.5 Å². The van der Waals surface area contributed by atoms with Crippen molar-refractivity contribution in [2.75, 3.05) is 4.90 Å². The first-order chi connectivity index (χ1) is 12.2. The topological polar surface area (TPSA) is 75.0 Å². The molecule has 3 aromatic heterocycles. The van der Waals surface area contributed by atoms with Crippen molar-refractivity contribution in [1.82, 2.24) is 29.8 Å². The number of fused-ring (bicyclic) bond motifs is 1. The number of aromatic nitrogens is 6. The Morgan fingerprint density at radius 2 is 2.16 bits per heavy atom. The van der Waals surface area contributed by atoms with E-state index in [4.69, 9.17) is 0 Å². The molecule has 7 nitrogen and oxygen atoms in total. The lowest BCUT2D eigenvalue weighted by molar-refractivity contribution is 0.778. The highest BCUT2D eigenvalue weighted by atomic mass is 79.9. The van der Waals surface area contributed by atoms with Crippen LogP contribution in [0.4, 0.5) is 5.69 Å². The maximum Gasteiger partial charge on any atom is 0.184 e. The minimum absolute atomic E-state index is 0.615. The van der Waals surface area contributed by atoms with E-state index in [2.05, 4.69) is 58.3 Å². The lowest BCUT2D eigenvalue weighted by Crippen LogP contribution is -2.23. The van der Waals surface area contributed by atoms with E-state index in [1.165, 1.54) is 0 Å². The van der Waals surface area contributed by atoms with Crippen molar-refractivity contribution in [3.63, 3.8) is 0 Å². The van der Waals surface area contributed by atoms with E-state index in [-0.39, 0.29) is 0 Å². The highest BCUT2D eigenvalue weighted by Gasteiger charge is 2.14. The number of nitrogens with zero attached hydrogens (tertiary/aromatic N) is 6. The second-order valence-corrected chi connectivity index (χ2v) is 6.67. The molecule has 0 aliphatic rings. The smallest absolute Gasteiger partial charge is 0.184 e. The van der Waals surface area contributed by atoms with E-state index < -0.39 is 0 Å². The van der Waals surface area contributed by atoms with E-state index in [9.17, 15) is 0 Å². The van der Waals surface area contributed by atoms with Crippen molar-refractivity contribution in [1.29, 1.82) is 0 Å². The van der Waals surface area contributed by atoms with E-state index in [1.807, 2.05) is 42.0 Å². The first kappa shape index (κ1) is 15.8. The van der Waals surface area contributed by atoms with E-state index in [1.54, 1.807) is 6.20 Å². The Hall–Kier alpha value is -2.74. The van der Waals surface area contributed by atoms with Crippen molar-refractivity contribution in [2.45, 2.75) is 20.0 Å². The van der Waals surface area contributed by atoms with Gasteiger partial charge in [-0.2, -0.15) is 5.10 Å². The van der Waals surface area contributed by atoms with Gasteiger partial charge in [-0.15, -0.1) is 10.2 Å². The summed E-state index contributed by atoms with van der Waals surface area (Å²) in [5.74, 6) is 0.850. The first-order valence-corrected chi connectivity index (χ1v) is 8.63. The fourth-order valence-corrected chi connectivity index (χ4v) is 3.17. The average molecular weight is 398 g/mol. The zero-order chi connectivity index (χ0) is 17.2. The first-order valence-electron chi connectivity index (χ1n) is 7.84. The normalized spacial score (nSPS) is 11.1. The molecule has 0 aliphatic carbocycles. The number of hydrogen-bond donors (Lipinski definition) is 1. The molecule has 0 atom stereocenters. The van der Waals surface area contributed by atoms with Crippen LogP contribution in [-0.2, 0) is 13.1 Å². The zero-order valence-electron chi connectivity index (χ0n) is 13.6. The van der Waals surface area contributed by atoms with Crippen molar-refractivity contribution < 1.29 is 0 Å². The number of halogens is 1. The lowest BCUT2D eigenvalue weighted by Gasteiger charge is -2.24. The molecule has 126 valence electrons. The third kappa shape index (κ3) is 3.25. The Kier molecular flexibility index (Phi) is 4.19. The summed E-state index contributed by atoms with van der Waals surface area (Å²) in [6, 6.07) is 8.22. The molecule has 0 radical (unpaired) electrons. The predicted octanol–water partition coefficient (Wildman–Crippen LogP) is 3.13. The van der Waals surface area contributed by atoms with Crippen LogP contribution in [0.2, 0.25) is 0 Å². The molecule has 4 rings (SSSR count). The zero-order valence-corrected chi connectivity index (χ0v) is 15.2. The van der Waals surface area contributed by atoms with E-state index in [0.717, 1.165) is 32.9 Å². The second kappa shape index (κ2) is 6.64. The molecule has 1 N–H and O–H groups in total. The van der Waals surface area contributed by atoms with Crippen LogP contribution < -0.4 is 4.90 Å². The van der Waals surface area contributed by atoms with Crippen LogP contribution in [0.3, 0.4) is 0 Å². The summed E-state index contributed by atoms with van der Waals surface area (Å²) in [4.78, 5) is 6.78. The molecule has 4 aromatic rings.